The van der Waals surface area contributed by atoms with Gasteiger partial charge in [-0.05, 0) is 49.3 Å². The molecule has 1 amide bonds. The molecule has 1 aliphatic carbocycles. The van der Waals surface area contributed by atoms with Gasteiger partial charge in [0.1, 0.15) is 0 Å². The lowest BCUT2D eigenvalue weighted by atomic mass is 9.99. The molecule has 1 aliphatic rings. The normalized spacial score (nSPS) is 15.4. The molecule has 1 aromatic carbocycles. The highest BCUT2D eigenvalue weighted by molar-refractivity contribution is 5.85. The predicted molar refractivity (Wildman–Crippen MR) is 89.9 cm³/mol. The Kier molecular flexibility index (Phi) is 7.20. The zero-order valence-corrected chi connectivity index (χ0v) is 14.0. The fourth-order valence-electron chi connectivity index (χ4n) is 2.26. The van der Waals surface area contributed by atoms with E-state index in [2.05, 4.69) is 48.7 Å². The lowest BCUT2D eigenvalue weighted by Crippen LogP contribution is -2.36. The van der Waals surface area contributed by atoms with Crippen molar-refractivity contribution in [2.45, 2.75) is 45.6 Å². The molecular formula is C17H27ClN2O. The molecule has 21 heavy (non-hydrogen) atoms. The summed E-state index contributed by atoms with van der Waals surface area (Å²) in [7, 11) is 0. The molecule has 2 N–H and O–H groups in total. The van der Waals surface area contributed by atoms with Gasteiger partial charge in [-0.25, -0.2) is 0 Å². The van der Waals surface area contributed by atoms with E-state index in [1.807, 2.05) is 6.92 Å². The van der Waals surface area contributed by atoms with Crippen LogP contribution in [0.4, 0.5) is 0 Å². The number of carbonyl (C=O) groups is 1. The summed E-state index contributed by atoms with van der Waals surface area (Å²) in [6, 6.07) is 8.57. The minimum absolute atomic E-state index is 0. The van der Waals surface area contributed by atoms with Crippen LogP contribution in [0, 0.1) is 5.92 Å². The summed E-state index contributed by atoms with van der Waals surface area (Å²) in [5, 5.41) is 6.25. The lowest BCUT2D eigenvalue weighted by molar-refractivity contribution is -0.120. The van der Waals surface area contributed by atoms with Crippen LogP contribution in [-0.4, -0.2) is 19.0 Å². The first kappa shape index (κ1) is 18.0. The van der Waals surface area contributed by atoms with Crippen LogP contribution in [0.5, 0.6) is 0 Å². The van der Waals surface area contributed by atoms with Crippen molar-refractivity contribution in [2.24, 2.45) is 5.92 Å². The molecule has 118 valence electrons. The Morgan fingerprint density at radius 2 is 1.71 bits per heavy atom. The molecule has 0 bridgehead atoms. The van der Waals surface area contributed by atoms with Gasteiger partial charge in [-0.15, -0.1) is 12.4 Å². The topological polar surface area (TPSA) is 41.1 Å². The van der Waals surface area contributed by atoms with Gasteiger partial charge in [0.05, 0.1) is 12.6 Å². The van der Waals surface area contributed by atoms with Crippen LogP contribution in [0.25, 0.3) is 0 Å². The number of carbonyl (C=O) groups excluding carboxylic acids is 1. The monoisotopic (exact) mass is 310 g/mol. The Bertz CT molecular complexity index is 441. The third kappa shape index (κ3) is 6.06. The third-order valence-electron chi connectivity index (χ3n) is 3.90. The second-order valence-electron chi connectivity index (χ2n) is 6.18. The fourth-order valence-corrected chi connectivity index (χ4v) is 2.26. The number of amides is 1. The molecule has 0 saturated heterocycles. The van der Waals surface area contributed by atoms with Crippen LogP contribution in [-0.2, 0) is 4.79 Å². The SMILES string of the molecule is CC(C)c1ccc(C(C)NC(=O)CNCC2CC2)cc1.Cl. The number of benzene rings is 1. The maximum Gasteiger partial charge on any atom is 0.234 e. The first-order chi connectivity index (χ1) is 9.56. The van der Waals surface area contributed by atoms with Gasteiger partial charge in [-0.3, -0.25) is 4.79 Å². The summed E-state index contributed by atoms with van der Waals surface area (Å²) in [5.74, 6) is 1.43. The number of hydrogen-bond donors (Lipinski definition) is 2. The van der Waals surface area contributed by atoms with E-state index in [0.717, 1.165) is 18.0 Å². The minimum Gasteiger partial charge on any atom is -0.348 e. The lowest BCUT2D eigenvalue weighted by Gasteiger charge is -2.16. The van der Waals surface area contributed by atoms with Crippen molar-refractivity contribution >= 4 is 18.3 Å². The maximum absolute atomic E-state index is 11.8. The first-order valence-electron chi connectivity index (χ1n) is 7.66. The summed E-state index contributed by atoms with van der Waals surface area (Å²) in [5.41, 5.74) is 2.49. The van der Waals surface area contributed by atoms with E-state index in [0.29, 0.717) is 12.5 Å². The van der Waals surface area contributed by atoms with Crippen LogP contribution in [0.3, 0.4) is 0 Å². The van der Waals surface area contributed by atoms with Gasteiger partial charge < -0.3 is 10.6 Å². The molecule has 1 aromatic rings. The standard InChI is InChI=1S/C17H26N2O.ClH/c1-12(2)15-6-8-16(9-7-15)13(3)19-17(20)11-18-10-14-4-5-14;/h6-9,12-14,18H,4-5,10-11H2,1-3H3,(H,19,20);1H. The minimum atomic E-state index is 0. The van der Waals surface area contributed by atoms with E-state index in [4.69, 9.17) is 0 Å². The summed E-state index contributed by atoms with van der Waals surface area (Å²) >= 11 is 0. The van der Waals surface area contributed by atoms with Gasteiger partial charge in [-0.2, -0.15) is 0 Å². The molecular weight excluding hydrogens is 284 g/mol. The average molecular weight is 311 g/mol. The van der Waals surface area contributed by atoms with Crippen LogP contribution in [0.2, 0.25) is 0 Å². The Morgan fingerprint density at radius 3 is 2.24 bits per heavy atom. The molecule has 0 radical (unpaired) electrons. The second-order valence-corrected chi connectivity index (χ2v) is 6.18. The van der Waals surface area contributed by atoms with Gasteiger partial charge in [0, 0.05) is 0 Å². The van der Waals surface area contributed by atoms with Gasteiger partial charge in [0.15, 0.2) is 0 Å². The fraction of sp³-hybridized carbons (Fsp3) is 0.588. The molecule has 1 saturated carbocycles. The zero-order valence-electron chi connectivity index (χ0n) is 13.2. The number of hydrogen-bond acceptors (Lipinski definition) is 2. The van der Waals surface area contributed by atoms with Crippen molar-refractivity contribution in [3.8, 4) is 0 Å². The van der Waals surface area contributed by atoms with Gasteiger partial charge in [0.25, 0.3) is 0 Å². The van der Waals surface area contributed by atoms with E-state index < -0.39 is 0 Å². The van der Waals surface area contributed by atoms with Crippen molar-refractivity contribution in [1.82, 2.24) is 10.6 Å². The number of halogens is 1. The van der Waals surface area contributed by atoms with Gasteiger partial charge in [-0.1, -0.05) is 38.1 Å². The maximum atomic E-state index is 11.8. The molecule has 1 unspecified atom stereocenters. The van der Waals surface area contributed by atoms with E-state index in [9.17, 15) is 4.79 Å². The van der Waals surface area contributed by atoms with Crippen molar-refractivity contribution in [3.05, 3.63) is 35.4 Å². The smallest absolute Gasteiger partial charge is 0.234 e. The van der Waals surface area contributed by atoms with Crippen molar-refractivity contribution < 1.29 is 4.79 Å². The average Bonchev–Trinajstić information content (AvgIpc) is 3.23. The number of rotatable bonds is 7. The summed E-state index contributed by atoms with van der Waals surface area (Å²) < 4.78 is 0. The quantitative estimate of drug-likeness (QED) is 0.810. The zero-order chi connectivity index (χ0) is 14.5. The van der Waals surface area contributed by atoms with Crippen LogP contribution < -0.4 is 10.6 Å². The molecule has 1 atom stereocenters. The molecule has 2 rings (SSSR count). The van der Waals surface area contributed by atoms with Crippen molar-refractivity contribution in [3.63, 3.8) is 0 Å². The molecule has 0 heterocycles. The van der Waals surface area contributed by atoms with Crippen LogP contribution in [0.15, 0.2) is 24.3 Å². The molecule has 3 nitrogen and oxygen atoms in total. The summed E-state index contributed by atoms with van der Waals surface area (Å²) in [4.78, 5) is 11.8. The Labute approximate surface area is 134 Å². The van der Waals surface area contributed by atoms with Gasteiger partial charge in [0.2, 0.25) is 5.91 Å². The molecule has 4 heteroatoms. The van der Waals surface area contributed by atoms with E-state index >= 15 is 0 Å². The van der Waals surface area contributed by atoms with Crippen LogP contribution >= 0.6 is 12.4 Å². The van der Waals surface area contributed by atoms with Crippen LogP contribution in [0.1, 0.15) is 56.7 Å². The molecule has 0 aromatic heterocycles. The largest absolute Gasteiger partial charge is 0.348 e. The third-order valence-corrected chi connectivity index (χ3v) is 3.90. The Balaban J connectivity index is 0.00000220. The highest BCUT2D eigenvalue weighted by atomic mass is 35.5. The molecule has 0 spiro atoms. The van der Waals surface area contributed by atoms with E-state index in [-0.39, 0.29) is 24.4 Å². The summed E-state index contributed by atoms with van der Waals surface area (Å²) in [6.45, 7) is 7.80. The molecule has 1 fully saturated rings. The second kappa shape index (κ2) is 8.40. The van der Waals surface area contributed by atoms with Gasteiger partial charge >= 0.3 is 0 Å². The van der Waals surface area contributed by atoms with Crippen molar-refractivity contribution in [2.75, 3.05) is 13.1 Å². The first-order valence-corrected chi connectivity index (χ1v) is 7.66. The highest BCUT2D eigenvalue weighted by Crippen LogP contribution is 2.27. The Morgan fingerprint density at radius 1 is 1.14 bits per heavy atom. The van der Waals surface area contributed by atoms with E-state index in [1.165, 1.54) is 18.4 Å². The van der Waals surface area contributed by atoms with E-state index in [1.54, 1.807) is 0 Å². The predicted octanol–water partition coefficient (Wildman–Crippen LogP) is 3.41. The number of nitrogens with one attached hydrogen (secondary N) is 2. The summed E-state index contributed by atoms with van der Waals surface area (Å²) in [6.07, 6.45) is 2.63. The Hall–Kier alpha value is -1.06. The van der Waals surface area contributed by atoms with Crippen molar-refractivity contribution in [1.29, 1.82) is 0 Å². The molecule has 0 aliphatic heterocycles. The highest BCUT2D eigenvalue weighted by Gasteiger charge is 2.20.